The summed E-state index contributed by atoms with van der Waals surface area (Å²) in [5, 5.41) is 7.12. The number of ether oxygens (including phenoxy) is 1. The Bertz CT molecular complexity index is 247. The third-order valence-corrected chi connectivity index (χ3v) is 2.28. The van der Waals surface area contributed by atoms with Crippen LogP contribution in [0.5, 0.6) is 0 Å². The second kappa shape index (κ2) is 5.01. The molecule has 0 unspecified atom stereocenters. The van der Waals surface area contributed by atoms with E-state index < -0.39 is 12.1 Å². The predicted octanol–water partition coefficient (Wildman–Crippen LogP) is 1.29. The molecular formula is C9H14F3NO3. The molecule has 0 aromatic carbocycles. The van der Waals surface area contributed by atoms with Gasteiger partial charge < -0.3 is 15.6 Å². The SMILES string of the molecule is NC1CC(OC2CC2)C1.O=C(O)C(F)(F)F. The van der Waals surface area contributed by atoms with Crippen molar-refractivity contribution < 1.29 is 27.8 Å². The molecule has 0 aromatic rings. The van der Waals surface area contributed by atoms with Crippen molar-refractivity contribution >= 4 is 5.97 Å². The zero-order chi connectivity index (χ0) is 12.3. The molecule has 0 saturated heterocycles. The summed E-state index contributed by atoms with van der Waals surface area (Å²) in [5.74, 6) is -2.76. The molecule has 2 rings (SSSR count). The highest BCUT2D eigenvalue weighted by Crippen LogP contribution is 2.31. The Kier molecular flexibility index (Phi) is 4.15. The van der Waals surface area contributed by atoms with Crippen molar-refractivity contribution in [2.45, 2.75) is 50.1 Å². The molecule has 0 spiro atoms. The zero-order valence-electron chi connectivity index (χ0n) is 8.54. The smallest absolute Gasteiger partial charge is 0.475 e. The van der Waals surface area contributed by atoms with E-state index in [2.05, 4.69) is 0 Å². The first-order chi connectivity index (χ1) is 7.29. The van der Waals surface area contributed by atoms with E-state index in [0.717, 1.165) is 12.8 Å². The number of nitrogens with two attached hydrogens (primary N) is 1. The number of rotatable bonds is 2. The van der Waals surface area contributed by atoms with Crippen molar-refractivity contribution in [2.24, 2.45) is 5.73 Å². The van der Waals surface area contributed by atoms with Crippen LogP contribution in [0.15, 0.2) is 0 Å². The summed E-state index contributed by atoms with van der Waals surface area (Å²) in [6, 6.07) is 0.439. The number of carboxylic acids is 1. The molecule has 94 valence electrons. The third-order valence-electron chi connectivity index (χ3n) is 2.28. The Balaban J connectivity index is 0.000000168. The molecule has 2 aliphatic carbocycles. The monoisotopic (exact) mass is 241 g/mol. The quantitative estimate of drug-likeness (QED) is 0.764. The predicted molar refractivity (Wildman–Crippen MR) is 48.8 cm³/mol. The van der Waals surface area contributed by atoms with Crippen molar-refractivity contribution in [1.82, 2.24) is 0 Å². The van der Waals surface area contributed by atoms with Crippen LogP contribution in [0.4, 0.5) is 13.2 Å². The molecule has 0 amide bonds. The van der Waals surface area contributed by atoms with Crippen LogP contribution >= 0.6 is 0 Å². The summed E-state index contributed by atoms with van der Waals surface area (Å²) in [6.07, 6.45) is 0.805. The van der Waals surface area contributed by atoms with E-state index in [1.54, 1.807) is 0 Å². The first kappa shape index (κ1) is 13.2. The summed E-state index contributed by atoms with van der Waals surface area (Å²) in [6.45, 7) is 0. The van der Waals surface area contributed by atoms with Gasteiger partial charge in [0, 0.05) is 6.04 Å². The molecule has 0 bridgehead atoms. The lowest BCUT2D eigenvalue weighted by Gasteiger charge is -2.32. The maximum Gasteiger partial charge on any atom is 0.490 e. The zero-order valence-corrected chi connectivity index (χ0v) is 8.54. The largest absolute Gasteiger partial charge is 0.490 e. The molecule has 0 aliphatic heterocycles. The average Bonchev–Trinajstić information content (AvgIpc) is 2.84. The van der Waals surface area contributed by atoms with Gasteiger partial charge in [0.25, 0.3) is 0 Å². The first-order valence-corrected chi connectivity index (χ1v) is 5.00. The van der Waals surface area contributed by atoms with E-state index in [1.165, 1.54) is 12.8 Å². The van der Waals surface area contributed by atoms with E-state index >= 15 is 0 Å². The molecule has 3 N–H and O–H groups in total. The van der Waals surface area contributed by atoms with Crippen LogP contribution in [0.25, 0.3) is 0 Å². The molecule has 0 radical (unpaired) electrons. The van der Waals surface area contributed by atoms with Gasteiger partial charge in [-0.15, -0.1) is 0 Å². The van der Waals surface area contributed by atoms with Gasteiger partial charge in [0.1, 0.15) is 0 Å². The number of carboxylic acid groups (broad SMARTS) is 1. The van der Waals surface area contributed by atoms with Crippen molar-refractivity contribution in [3.8, 4) is 0 Å². The van der Waals surface area contributed by atoms with Crippen LogP contribution in [0, 0.1) is 0 Å². The lowest BCUT2D eigenvalue weighted by atomic mass is 9.90. The molecule has 4 nitrogen and oxygen atoms in total. The number of alkyl halides is 3. The molecule has 2 fully saturated rings. The number of aliphatic carboxylic acids is 1. The molecule has 7 heteroatoms. The van der Waals surface area contributed by atoms with Crippen LogP contribution in [0.2, 0.25) is 0 Å². The van der Waals surface area contributed by atoms with E-state index in [9.17, 15) is 13.2 Å². The second-order valence-electron chi connectivity index (χ2n) is 3.99. The summed E-state index contributed by atoms with van der Waals surface area (Å²) < 4.78 is 37.3. The Morgan fingerprint density at radius 1 is 1.25 bits per heavy atom. The fourth-order valence-corrected chi connectivity index (χ4v) is 1.19. The highest BCUT2D eigenvalue weighted by molar-refractivity contribution is 5.73. The lowest BCUT2D eigenvalue weighted by molar-refractivity contribution is -0.192. The standard InChI is InChI=1S/C7H13NO.C2HF3O2/c8-5-3-7(4-5)9-6-1-2-6;3-2(4,5)1(6)7/h5-7H,1-4,8H2;(H,6,7). The van der Waals surface area contributed by atoms with E-state index in [-0.39, 0.29) is 0 Å². The Labute approximate surface area is 90.6 Å². The van der Waals surface area contributed by atoms with Crippen molar-refractivity contribution in [2.75, 3.05) is 0 Å². The maximum atomic E-state index is 10.6. The average molecular weight is 241 g/mol. The van der Waals surface area contributed by atoms with Gasteiger partial charge in [-0.25, -0.2) is 4.79 Å². The summed E-state index contributed by atoms with van der Waals surface area (Å²) in [7, 11) is 0. The highest BCUT2D eigenvalue weighted by Gasteiger charge is 2.38. The van der Waals surface area contributed by atoms with Crippen molar-refractivity contribution in [3.05, 3.63) is 0 Å². The maximum absolute atomic E-state index is 10.6. The number of carbonyl (C=O) groups is 1. The molecule has 0 atom stereocenters. The molecule has 2 saturated carbocycles. The minimum atomic E-state index is -5.08. The van der Waals surface area contributed by atoms with Gasteiger partial charge in [-0.3, -0.25) is 0 Å². The number of halogens is 3. The van der Waals surface area contributed by atoms with E-state index in [1.807, 2.05) is 0 Å². The summed E-state index contributed by atoms with van der Waals surface area (Å²) in [5.41, 5.74) is 5.59. The molecule has 2 aliphatic rings. The Morgan fingerprint density at radius 2 is 1.69 bits per heavy atom. The molecular weight excluding hydrogens is 227 g/mol. The van der Waals surface area contributed by atoms with Crippen molar-refractivity contribution in [1.29, 1.82) is 0 Å². The lowest BCUT2D eigenvalue weighted by Crippen LogP contribution is -2.41. The first-order valence-electron chi connectivity index (χ1n) is 5.00. The molecule has 16 heavy (non-hydrogen) atoms. The normalized spacial score (nSPS) is 28.8. The van der Waals surface area contributed by atoms with Gasteiger partial charge in [-0.2, -0.15) is 13.2 Å². The highest BCUT2D eigenvalue weighted by atomic mass is 19.4. The number of hydrogen-bond donors (Lipinski definition) is 2. The van der Waals surface area contributed by atoms with Gasteiger partial charge in [0.15, 0.2) is 0 Å². The minimum Gasteiger partial charge on any atom is -0.475 e. The van der Waals surface area contributed by atoms with Crippen LogP contribution in [-0.2, 0) is 9.53 Å². The van der Waals surface area contributed by atoms with Gasteiger partial charge in [-0.05, 0) is 25.7 Å². The van der Waals surface area contributed by atoms with Gasteiger partial charge in [0.2, 0.25) is 0 Å². The molecule has 0 heterocycles. The third kappa shape index (κ3) is 4.80. The minimum absolute atomic E-state index is 0.439. The molecule has 0 aromatic heterocycles. The van der Waals surface area contributed by atoms with E-state index in [4.69, 9.17) is 20.4 Å². The van der Waals surface area contributed by atoms with Crippen LogP contribution < -0.4 is 5.73 Å². The number of hydrogen-bond acceptors (Lipinski definition) is 3. The van der Waals surface area contributed by atoms with E-state index in [0.29, 0.717) is 18.2 Å². The second-order valence-corrected chi connectivity index (χ2v) is 3.99. The van der Waals surface area contributed by atoms with Crippen molar-refractivity contribution in [3.63, 3.8) is 0 Å². The summed E-state index contributed by atoms with van der Waals surface area (Å²) in [4.78, 5) is 8.90. The van der Waals surface area contributed by atoms with Crippen LogP contribution in [0.3, 0.4) is 0 Å². The topological polar surface area (TPSA) is 72.5 Å². The Morgan fingerprint density at radius 3 is 1.94 bits per heavy atom. The van der Waals surface area contributed by atoms with Crippen LogP contribution in [0.1, 0.15) is 25.7 Å². The van der Waals surface area contributed by atoms with Gasteiger partial charge in [0.05, 0.1) is 12.2 Å². The van der Waals surface area contributed by atoms with Gasteiger partial charge in [-0.1, -0.05) is 0 Å². The fourth-order valence-electron chi connectivity index (χ4n) is 1.19. The fraction of sp³-hybridized carbons (Fsp3) is 0.889. The van der Waals surface area contributed by atoms with Crippen LogP contribution in [-0.4, -0.2) is 35.5 Å². The van der Waals surface area contributed by atoms with Gasteiger partial charge >= 0.3 is 12.1 Å². The Hall–Kier alpha value is -0.820. The summed E-state index contributed by atoms with van der Waals surface area (Å²) >= 11 is 0.